The molecule has 0 saturated heterocycles. The Morgan fingerprint density at radius 3 is 2.74 bits per heavy atom. The summed E-state index contributed by atoms with van der Waals surface area (Å²) in [5, 5.41) is 0. The van der Waals surface area contributed by atoms with Crippen LogP contribution in [-0.2, 0) is 0 Å². The van der Waals surface area contributed by atoms with Crippen LogP contribution in [0.5, 0.6) is 0 Å². The highest BCUT2D eigenvalue weighted by molar-refractivity contribution is 5.37. The first-order valence-electron chi connectivity index (χ1n) is 7.08. The SMILES string of the molecule is CC(C)n1ccnc(N(C)C2CCCCC2N)c1=O. The van der Waals surface area contributed by atoms with E-state index in [2.05, 4.69) is 4.98 Å². The fourth-order valence-electron chi connectivity index (χ4n) is 2.84. The van der Waals surface area contributed by atoms with E-state index in [9.17, 15) is 4.79 Å². The second-order valence-electron chi connectivity index (χ2n) is 5.68. The molecule has 0 spiro atoms. The number of nitrogens with zero attached hydrogens (tertiary/aromatic N) is 3. The van der Waals surface area contributed by atoms with Crippen LogP contribution in [0.25, 0.3) is 0 Å². The monoisotopic (exact) mass is 264 g/mol. The van der Waals surface area contributed by atoms with E-state index in [1.165, 1.54) is 12.8 Å². The maximum atomic E-state index is 12.4. The molecular weight excluding hydrogens is 240 g/mol. The first-order valence-corrected chi connectivity index (χ1v) is 7.08. The van der Waals surface area contributed by atoms with Gasteiger partial charge < -0.3 is 15.2 Å². The van der Waals surface area contributed by atoms with E-state index in [-0.39, 0.29) is 23.7 Å². The largest absolute Gasteiger partial charge is 0.351 e. The van der Waals surface area contributed by atoms with Crippen molar-refractivity contribution in [2.24, 2.45) is 5.73 Å². The number of hydrogen-bond donors (Lipinski definition) is 1. The molecular formula is C14H24N4O. The zero-order valence-corrected chi connectivity index (χ0v) is 12.0. The van der Waals surface area contributed by atoms with Gasteiger partial charge >= 0.3 is 0 Å². The molecule has 0 bridgehead atoms. The van der Waals surface area contributed by atoms with Gasteiger partial charge in [0.05, 0.1) is 0 Å². The Kier molecular flexibility index (Phi) is 4.24. The van der Waals surface area contributed by atoms with Gasteiger partial charge in [0, 0.05) is 37.6 Å². The first-order chi connectivity index (χ1) is 9.02. The highest BCUT2D eigenvalue weighted by Gasteiger charge is 2.27. The summed E-state index contributed by atoms with van der Waals surface area (Å²) in [5.74, 6) is 0.513. The molecule has 5 heteroatoms. The molecule has 2 N–H and O–H groups in total. The van der Waals surface area contributed by atoms with E-state index in [1.54, 1.807) is 17.0 Å². The number of likely N-dealkylation sites (N-methyl/N-ethyl adjacent to an activating group) is 1. The van der Waals surface area contributed by atoms with Crippen LogP contribution >= 0.6 is 0 Å². The molecule has 1 aliphatic rings. The van der Waals surface area contributed by atoms with Crippen molar-refractivity contribution in [3.8, 4) is 0 Å². The van der Waals surface area contributed by atoms with Crippen molar-refractivity contribution >= 4 is 5.82 Å². The molecule has 1 aromatic rings. The quantitative estimate of drug-likeness (QED) is 0.899. The number of hydrogen-bond acceptors (Lipinski definition) is 4. The normalized spacial score (nSPS) is 23.6. The molecule has 106 valence electrons. The minimum Gasteiger partial charge on any atom is -0.351 e. The predicted molar refractivity (Wildman–Crippen MR) is 77.5 cm³/mol. The number of nitrogens with two attached hydrogens (primary N) is 1. The number of rotatable bonds is 3. The van der Waals surface area contributed by atoms with Gasteiger partial charge in [0.25, 0.3) is 5.56 Å². The van der Waals surface area contributed by atoms with Gasteiger partial charge in [-0.2, -0.15) is 0 Å². The highest BCUT2D eigenvalue weighted by Crippen LogP contribution is 2.23. The molecule has 0 radical (unpaired) electrons. The molecule has 1 heterocycles. The minimum absolute atomic E-state index is 0.0298. The molecule has 2 rings (SSSR count). The molecule has 0 aliphatic heterocycles. The first kappa shape index (κ1) is 14.1. The maximum Gasteiger partial charge on any atom is 0.293 e. The summed E-state index contributed by atoms with van der Waals surface area (Å²) in [6, 6.07) is 0.493. The van der Waals surface area contributed by atoms with Gasteiger partial charge in [-0.1, -0.05) is 12.8 Å². The van der Waals surface area contributed by atoms with Crippen molar-refractivity contribution in [1.82, 2.24) is 9.55 Å². The summed E-state index contributed by atoms with van der Waals surface area (Å²) in [6.45, 7) is 4.00. The van der Waals surface area contributed by atoms with Gasteiger partial charge in [0.15, 0.2) is 5.82 Å². The van der Waals surface area contributed by atoms with Crippen molar-refractivity contribution < 1.29 is 0 Å². The average Bonchev–Trinajstić information content (AvgIpc) is 2.38. The lowest BCUT2D eigenvalue weighted by Gasteiger charge is -2.36. The Bertz CT molecular complexity index is 483. The van der Waals surface area contributed by atoms with Gasteiger partial charge in [-0.3, -0.25) is 4.79 Å². The van der Waals surface area contributed by atoms with Gasteiger partial charge in [-0.15, -0.1) is 0 Å². The van der Waals surface area contributed by atoms with E-state index in [4.69, 9.17) is 5.73 Å². The average molecular weight is 264 g/mol. The van der Waals surface area contributed by atoms with Crippen LogP contribution in [0.3, 0.4) is 0 Å². The van der Waals surface area contributed by atoms with Crippen molar-refractivity contribution in [1.29, 1.82) is 0 Å². The Labute approximate surface area is 114 Å². The predicted octanol–water partition coefficient (Wildman–Crippen LogP) is 1.53. The second kappa shape index (κ2) is 5.74. The Morgan fingerprint density at radius 2 is 2.11 bits per heavy atom. The summed E-state index contributed by atoms with van der Waals surface area (Å²) in [4.78, 5) is 18.7. The molecule has 19 heavy (non-hydrogen) atoms. The summed E-state index contributed by atoms with van der Waals surface area (Å²) < 4.78 is 1.72. The number of aromatic nitrogens is 2. The Balaban J connectivity index is 2.31. The third kappa shape index (κ3) is 2.81. The third-order valence-electron chi connectivity index (χ3n) is 4.02. The van der Waals surface area contributed by atoms with Crippen LogP contribution in [0.15, 0.2) is 17.2 Å². The van der Waals surface area contributed by atoms with Crippen LogP contribution in [-0.4, -0.2) is 28.7 Å². The fraction of sp³-hybridized carbons (Fsp3) is 0.714. The smallest absolute Gasteiger partial charge is 0.293 e. The van der Waals surface area contributed by atoms with Crippen LogP contribution in [0, 0.1) is 0 Å². The topological polar surface area (TPSA) is 64.2 Å². The van der Waals surface area contributed by atoms with Gasteiger partial charge in [-0.25, -0.2) is 4.98 Å². The molecule has 2 atom stereocenters. The van der Waals surface area contributed by atoms with Crippen LogP contribution in [0.1, 0.15) is 45.6 Å². The molecule has 2 unspecified atom stereocenters. The highest BCUT2D eigenvalue weighted by atomic mass is 16.1. The van der Waals surface area contributed by atoms with Gasteiger partial charge in [-0.05, 0) is 26.7 Å². The zero-order valence-electron chi connectivity index (χ0n) is 12.0. The van der Waals surface area contributed by atoms with Gasteiger partial charge in [0.1, 0.15) is 0 Å². The lowest BCUT2D eigenvalue weighted by Crippen LogP contribution is -2.50. The summed E-state index contributed by atoms with van der Waals surface area (Å²) in [6.07, 6.45) is 7.86. The summed E-state index contributed by atoms with van der Waals surface area (Å²) >= 11 is 0. The molecule has 0 aromatic carbocycles. The van der Waals surface area contributed by atoms with E-state index in [0.717, 1.165) is 12.8 Å². The molecule has 5 nitrogen and oxygen atoms in total. The standard InChI is InChI=1S/C14H24N4O/c1-10(2)18-9-8-16-13(14(18)19)17(3)12-7-5-4-6-11(12)15/h8-12H,4-7,15H2,1-3H3. The molecule has 1 aliphatic carbocycles. The molecule has 1 fully saturated rings. The van der Waals surface area contributed by atoms with Crippen LogP contribution in [0.2, 0.25) is 0 Å². The Hall–Kier alpha value is -1.36. The molecule has 1 aromatic heterocycles. The van der Waals surface area contributed by atoms with Gasteiger partial charge in [0.2, 0.25) is 0 Å². The molecule has 0 amide bonds. The summed E-state index contributed by atoms with van der Waals surface area (Å²) in [7, 11) is 1.93. The number of anilines is 1. The zero-order chi connectivity index (χ0) is 14.0. The second-order valence-corrected chi connectivity index (χ2v) is 5.68. The molecule has 1 saturated carbocycles. The van der Waals surface area contributed by atoms with Crippen LogP contribution < -0.4 is 16.2 Å². The van der Waals surface area contributed by atoms with E-state index in [1.807, 2.05) is 25.8 Å². The van der Waals surface area contributed by atoms with E-state index in [0.29, 0.717) is 5.82 Å². The maximum absolute atomic E-state index is 12.4. The van der Waals surface area contributed by atoms with Crippen molar-refractivity contribution in [2.75, 3.05) is 11.9 Å². The fourth-order valence-corrected chi connectivity index (χ4v) is 2.84. The minimum atomic E-state index is -0.0298. The van der Waals surface area contributed by atoms with Crippen molar-refractivity contribution in [3.05, 3.63) is 22.7 Å². The van der Waals surface area contributed by atoms with Crippen LogP contribution in [0.4, 0.5) is 5.82 Å². The van der Waals surface area contributed by atoms with E-state index < -0.39 is 0 Å². The van der Waals surface area contributed by atoms with Crippen molar-refractivity contribution in [3.63, 3.8) is 0 Å². The Morgan fingerprint density at radius 1 is 1.42 bits per heavy atom. The van der Waals surface area contributed by atoms with Crippen molar-refractivity contribution in [2.45, 2.75) is 57.7 Å². The third-order valence-corrected chi connectivity index (χ3v) is 4.02. The summed E-state index contributed by atoms with van der Waals surface area (Å²) in [5.41, 5.74) is 6.16. The lowest BCUT2D eigenvalue weighted by atomic mass is 9.90. The lowest BCUT2D eigenvalue weighted by molar-refractivity contribution is 0.371. The van der Waals surface area contributed by atoms with E-state index >= 15 is 0 Å².